The number of hydrogen-bond donors (Lipinski definition) is 2. The van der Waals surface area contributed by atoms with E-state index in [1.165, 1.54) is 51.4 Å². The van der Waals surface area contributed by atoms with Crippen molar-refractivity contribution in [3.63, 3.8) is 0 Å². The third-order valence-electron chi connectivity index (χ3n) is 11.1. The van der Waals surface area contributed by atoms with Gasteiger partial charge >= 0.3 is 19.8 Å². The first-order valence-electron chi connectivity index (χ1n) is 27.5. The minimum Gasteiger partial charge on any atom is -0.462 e. The molecule has 0 spiro atoms. The Morgan fingerprint density at radius 2 is 0.786 bits per heavy atom. The molecule has 0 aliphatic carbocycles. The van der Waals surface area contributed by atoms with Crippen LogP contribution < -0.4 is 5.73 Å². The minimum atomic E-state index is -4.40. The third-order valence-corrected chi connectivity index (χ3v) is 12.1. The van der Waals surface area contributed by atoms with Gasteiger partial charge in [0.05, 0.1) is 13.2 Å². The molecule has 0 aliphatic rings. The van der Waals surface area contributed by atoms with Gasteiger partial charge < -0.3 is 20.1 Å². The molecule has 0 aromatic carbocycles. The summed E-state index contributed by atoms with van der Waals surface area (Å²) in [5, 5.41) is 0. The molecule has 0 radical (unpaired) electrons. The normalized spacial score (nSPS) is 14.1. The van der Waals surface area contributed by atoms with Crippen LogP contribution in [0, 0.1) is 0 Å². The number of phosphoric ester groups is 1. The molecule has 0 amide bonds. The summed E-state index contributed by atoms with van der Waals surface area (Å²) in [4.78, 5) is 35.1. The first kappa shape index (κ1) is 66.4. The zero-order valence-electron chi connectivity index (χ0n) is 44.2. The summed E-state index contributed by atoms with van der Waals surface area (Å²) in [6, 6.07) is 0. The molecule has 9 nitrogen and oxygen atoms in total. The lowest BCUT2D eigenvalue weighted by atomic mass is 10.1. The van der Waals surface area contributed by atoms with E-state index < -0.39 is 32.5 Å². The number of unbranched alkanes of at least 4 members (excludes halogenated alkanes) is 17. The maximum Gasteiger partial charge on any atom is 0.472 e. The van der Waals surface area contributed by atoms with Gasteiger partial charge in [-0.2, -0.15) is 0 Å². The highest BCUT2D eigenvalue weighted by Crippen LogP contribution is 2.43. The van der Waals surface area contributed by atoms with Gasteiger partial charge in [-0.1, -0.05) is 212 Å². The maximum atomic E-state index is 12.7. The van der Waals surface area contributed by atoms with Crippen molar-refractivity contribution < 1.29 is 37.6 Å². The molecular weight excluding hydrogens is 894 g/mol. The number of carbonyl (C=O) groups is 2. The molecule has 10 heteroatoms. The van der Waals surface area contributed by atoms with Gasteiger partial charge in [0, 0.05) is 19.4 Å². The molecule has 0 bridgehead atoms. The van der Waals surface area contributed by atoms with Gasteiger partial charge in [-0.3, -0.25) is 18.6 Å². The van der Waals surface area contributed by atoms with Gasteiger partial charge in [-0.15, -0.1) is 0 Å². The van der Waals surface area contributed by atoms with Gasteiger partial charge in [0.25, 0.3) is 0 Å². The molecule has 0 aromatic rings. The van der Waals surface area contributed by atoms with E-state index in [1.54, 1.807) is 0 Å². The lowest BCUT2D eigenvalue weighted by Gasteiger charge is -2.19. The van der Waals surface area contributed by atoms with Crippen LogP contribution >= 0.6 is 7.82 Å². The second kappa shape index (κ2) is 54.7. The summed E-state index contributed by atoms with van der Waals surface area (Å²) >= 11 is 0. The predicted octanol–water partition coefficient (Wildman–Crippen LogP) is 17.2. The van der Waals surface area contributed by atoms with Crippen molar-refractivity contribution >= 4 is 19.8 Å². The molecular formula is C60H100NO8P. The lowest BCUT2D eigenvalue weighted by molar-refractivity contribution is -0.161. The monoisotopic (exact) mass is 994 g/mol. The van der Waals surface area contributed by atoms with Crippen LogP contribution in [0.25, 0.3) is 0 Å². The number of esters is 2. The van der Waals surface area contributed by atoms with Crippen LogP contribution in [0.3, 0.4) is 0 Å². The Morgan fingerprint density at radius 3 is 1.17 bits per heavy atom. The average molecular weight is 994 g/mol. The Bertz CT molecular complexity index is 1550. The molecule has 0 saturated heterocycles. The number of nitrogens with two attached hydrogens (primary N) is 1. The fraction of sp³-hybridized carbons (Fsp3) is 0.633. The molecule has 0 aromatic heterocycles. The molecule has 0 rings (SSSR count). The fourth-order valence-electron chi connectivity index (χ4n) is 7.03. The lowest BCUT2D eigenvalue weighted by Crippen LogP contribution is -2.29. The SMILES string of the molecule is CC/C=C\C/C=C\C/C=C\C/C=C\C/C=C\C/C=C\C/C=C\C/C=C\CCCCCCCCC(=O)OC(COC(=O)CCCCCCCCC/C=C\C/C=C\CCCCCC)COP(=O)(O)OCCN. The summed E-state index contributed by atoms with van der Waals surface area (Å²) < 4.78 is 33.0. The summed E-state index contributed by atoms with van der Waals surface area (Å²) in [5.74, 6) is -0.862. The summed E-state index contributed by atoms with van der Waals surface area (Å²) in [7, 11) is -4.40. The quantitative estimate of drug-likeness (QED) is 0.0264. The molecule has 0 heterocycles. The Hall–Kier alpha value is -3.59. The van der Waals surface area contributed by atoms with Crippen LogP contribution in [0.15, 0.2) is 122 Å². The maximum absolute atomic E-state index is 12.7. The van der Waals surface area contributed by atoms with Crippen molar-refractivity contribution in [2.45, 2.75) is 219 Å². The van der Waals surface area contributed by atoms with Crippen molar-refractivity contribution in [1.82, 2.24) is 0 Å². The second-order valence-electron chi connectivity index (χ2n) is 17.7. The van der Waals surface area contributed by atoms with Crippen LogP contribution in [0.2, 0.25) is 0 Å². The van der Waals surface area contributed by atoms with Crippen molar-refractivity contribution in [1.29, 1.82) is 0 Å². The first-order chi connectivity index (χ1) is 34.3. The Morgan fingerprint density at radius 1 is 0.443 bits per heavy atom. The molecule has 2 unspecified atom stereocenters. The number of carbonyl (C=O) groups excluding carboxylic acids is 2. The highest BCUT2D eigenvalue weighted by atomic mass is 31.2. The van der Waals surface area contributed by atoms with E-state index in [4.69, 9.17) is 24.3 Å². The second-order valence-corrected chi connectivity index (χ2v) is 19.2. The number of rotatable bonds is 50. The molecule has 0 aliphatic heterocycles. The van der Waals surface area contributed by atoms with Gasteiger partial charge in [-0.25, -0.2) is 4.57 Å². The molecule has 3 N–H and O–H groups in total. The van der Waals surface area contributed by atoms with Gasteiger partial charge in [0.2, 0.25) is 0 Å². The summed E-state index contributed by atoms with van der Waals surface area (Å²) in [5.41, 5.74) is 5.37. The number of ether oxygens (including phenoxy) is 2. The van der Waals surface area contributed by atoms with E-state index in [-0.39, 0.29) is 32.6 Å². The smallest absolute Gasteiger partial charge is 0.462 e. The molecule has 70 heavy (non-hydrogen) atoms. The van der Waals surface area contributed by atoms with Crippen molar-refractivity contribution in [3.8, 4) is 0 Å². The highest BCUT2D eigenvalue weighted by Gasteiger charge is 2.26. The van der Waals surface area contributed by atoms with E-state index in [0.717, 1.165) is 122 Å². The molecule has 2 atom stereocenters. The standard InChI is InChI=1S/C60H100NO8P/c1-3-5-7-9-11-13-15-17-19-21-23-24-25-26-27-28-29-30-31-32-33-34-35-37-39-41-43-45-47-49-51-53-60(63)69-58(57-68-70(64,65)67-55-54-61)56-66-59(62)52-50-48-46-44-42-40-38-36-22-20-18-16-14-12-10-8-6-4-2/h5,7,11,13-14,16-17,19-20,22-24,26-27,29-30,32-33,35,37,58H,3-4,6,8-10,12,15,18,21,25,28,31,34,36,38-57,61H2,1-2H3,(H,64,65)/b7-5-,13-11-,16-14-,19-17-,22-20-,24-23-,27-26-,30-29-,33-32-,37-35-. The van der Waals surface area contributed by atoms with Crippen LogP contribution in [-0.2, 0) is 32.7 Å². The van der Waals surface area contributed by atoms with E-state index in [2.05, 4.69) is 135 Å². The zero-order chi connectivity index (χ0) is 51.0. The average Bonchev–Trinajstić information content (AvgIpc) is 3.35. The van der Waals surface area contributed by atoms with E-state index in [0.29, 0.717) is 12.8 Å². The Balaban J connectivity index is 4.10. The van der Waals surface area contributed by atoms with E-state index >= 15 is 0 Å². The van der Waals surface area contributed by atoms with Gasteiger partial charge in [-0.05, 0) is 109 Å². The summed E-state index contributed by atoms with van der Waals surface area (Å²) in [6.45, 7) is 3.57. The van der Waals surface area contributed by atoms with E-state index in [9.17, 15) is 19.0 Å². The highest BCUT2D eigenvalue weighted by molar-refractivity contribution is 7.47. The molecule has 398 valence electrons. The van der Waals surface area contributed by atoms with Crippen molar-refractivity contribution in [3.05, 3.63) is 122 Å². The van der Waals surface area contributed by atoms with E-state index in [1.807, 2.05) is 0 Å². The first-order valence-corrected chi connectivity index (χ1v) is 29.0. The van der Waals surface area contributed by atoms with Crippen molar-refractivity contribution in [2.24, 2.45) is 5.73 Å². The largest absolute Gasteiger partial charge is 0.472 e. The van der Waals surface area contributed by atoms with Gasteiger partial charge in [0.1, 0.15) is 6.61 Å². The Kier molecular flexibility index (Phi) is 51.9. The fourth-order valence-corrected chi connectivity index (χ4v) is 7.80. The molecule has 0 fully saturated rings. The Labute approximate surface area is 428 Å². The number of hydrogen-bond acceptors (Lipinski definition) is 8. The number of allylic oxidation sites excluding steroid dienone is 20. The van der Waals surface area contributed by atoms with Crippen LogP contribution in [-0.4, -0.2) is 49.3 Å². The van der Waals surface area contributed by atoms with Crippen molar-refractivity contribution in [2.75, 3.05) is 26.4 Å². The minimum absolute atomic E-state index is 0.0430. The predicted molar refractivity (Wildman–Crippen MR) is 297 cm³/mol. The van der Waals surface area contributed by atoms with Crippen LogP contribution in [0.1, 0.15) is 213 Å². The van der Waals surface area contributed by atoms with Gasteiger partial charge in [0.15, 0.2) is 6.10 Å². The third kappa shape index (κ3) is 53.8. The van der Waals surface area contributed by atoms with Crippen LogP contribution in [0.5, 0.6) is 0 Å². The van der Waals surface area contributed by atoms with Crippen LogP contribution in [0.4, 0.5) is 0 Å². The molecule has 0 saturated carbocycles. The number of phosphoric acid groups is 1. The summed E-state index contributed by atoms with van der Waals surface area (Å²) in [6.07, 6.45) is 75.2. The zero-order valence-corrected chi connectivity index (χ0v) is 45.1. The topological polar surface area (TPSA) is 134 Å².